The molecule has 0 aliphatic rings. The van der Waals surface area contributed by atoms with E-state index in [9.17, 15) is 29.4 Å². The molecule has 2 aromatic rings. The molecule has 0 bridgehead atoms. The highest BCUT2D eigenvalue weighted by Crippen LogP contribution is 2.13. The molecule has 0 aliphatic heterocycles. The Labute approximate surface area is 291 Å². The largest absolute Gasteiger partial charge is 0.467 e. The Morgan fingerprint density at radius 2 is 1.02 bits per heavy atom. The van der Waals surface area contributed by atoms with E-state index in [1.807, 2.05) is 0 Å². The number of nitrogens with one attached hydrogen (secondary N) is 3. The average Bonchev–Trinajstić information content (AvgIpc) is 3.05. The van der Waals surface area contributed by atoms with Gasteiger partial charge in [-0.15, -0.1) is 0 Å². The van der Waals surface area contributed by atoms with E-state index in [1.165, 1.54) is 66.3 Å². The van der Waals surface area contributed by atoms with Gasteiger partial charge in [0.05, 0.1) is 18.3 Å². The first-order valence-corrected chi connectivity index (χ1v) is 15.0. The second-order valence-electron chi connectivity index (χ2n) is 11.7. The zero-order valence-electron chi connectivity index (χ0n) is 28.7. The smallest absolute Gasteiger partial charge is 0.331 e. The highest BCUT2D eigenvalue weighted by molar-refractivity contribution is 5.98. The van der Waals surface area contributed by atoms with Gasteiger partial charge in [0, 0.05) is 22.3 Å². The van der Waals surface area contributed by atoms with Crippen LogP contribution < -0.4 is 16.1 Å². The lowest BCUT2D eigenvalue weighted by Crippen LogP contribution is -2.57. The minimum atomic E-state index is -1.57. The first-order chi connectivity index (χ1) is 23.3. The summed E-state index contributed by atoms with van der Waals surface area (Å²) in [5.41, 5.74) is 0.174. The van der Waals surface area contributed by atoms with Gasteiger partial charge in [0.15, 0.2) is 6.04 Å². The van der Waals surface area contributed by atoms with Crippen molar-refractivity contribution >= 4 is 23.7 Å². The molecule has 0 fully saturated rings. The summed E-state index contributed by atoms with van der Waals surface area (Å²) in [6.07, 6.45) is -1.49. The van der Waals surface area contributed by atoms with Crippen molar-refractivity contribution in [2.75, 3.05) is 7.11 Å². The molecule has 0 unspecified atom stereocenters. The standard InChI is InChI=1S/C19H21NO5.C18H20N2O5/c1-13(21)7-5-6-8-14-9-11-15(12-10-14)17(22)20-16(18(23)25-4)19(2,3)24;1-12(21)6-4-5-7-13-8-10-14(11-9-13)16(22)19-15(17(23)20-25)18(2,3)24/h9-13,16,21,24H,1-4H3,(H,20,22);8-12,15,21,24-25H,1-3H3,(H,19,22)(H,20,23)/t13-,16+;12-,15+/m00/s1. The van der Waals surface area contributed by atoms with Crippen LogP contribution >= 0.6 is 0 Å². The molecule has 0 saturated carbocycles. The monoisotopic (exact) mass is 687 g/mol. The van der Waals surface area contributed by atoms with Crippen LogP contribution in [0.3, 0.4) is 0 Å². The number of hydroxylamine groups is 1. The van der Waals surface area contributed by atoms with Crippen molar-refractivity contribution < 1.29 is 49.5 Å². The topological polar surface area (TPSA) is 215 Å². The highest BCUT2D eigenvalue weighted by Gasteiger charge is 2.36. The average molecular weight is 688 g/mol. The molecule has 2 aromatic carbocycles. The van der Waals surface area contributed by atoms with Crippen LogP contribution in [0.4, 0.5) is 0 Å². The lowest BCUT2D eigenvalue weighted by Gasteiger charge is -2.28. The first kappa shape index (κ1) is 42.4. The van der Waals surface area contributed by atoms with Gasteiger partial charge in [-0.2, -0.15) is 0 Å². The van der Waals surface area contributed by atoms with Gasteiger partial charge < -0.3 is 35.8 Å². The first-order valence-electron chi connectivity index (χ1n) is 15.0. The van der Waals surface area contributed by atoms with Crippen LogP contribution in [0.15, 0.2) is 48.5 Å². The predicted octanol–water partition coefficient (Wildman–Crippen LogP) is 0.262. The van der Waals surface area contributed by atoms with Crippen LogP contribution in [0.1, 0.15) is 73.4 Å². The summed E-state index contributed by atoms with van der Waals surface area (Å²) in [7, 11) is 1.18. The number of methoxy groups -OCH3 is 1. The SMILES string of the molecule is COC(=O)[C@@H](NC(=O)c1ccc(C#CC#C[C@H](C)O)cc1)C(C)(C)O.C[C@H](O)C#CC#Cc1ccc(C(=O)N[C@H](C(=O)NO)C(C)(C)O)cc1. The summed E-state index contributed by atoms with van der Waals surface area (Å²) < 4.78 is 4.60. The maximum Gasteiger partial charge on any atom is 0.331 e. The van der Waals surface area contributed by atoms with Gasteiger partial charge in [-0.1, -0.05) is 23.7 Å². The molecule has 4 atom stereocenters. The van der Waals surface area contributed by atoms with Gasteiger partial charge in [-0.3, -0.25) is 19.6 Å². The number of esters is 1. The summed E-state index contributed by atoms with van der Waals surface area (Å²) in [4.78, 5) is 47.8. The van der Waals surface area contributed by atoms with Gasteiger partial charge in [-0.05, 0) is 114 Å². The maximum absolute atomic E-state index is 12.3. The van der Waals surface area contributed by atoms with Gasteiger partial charge in [0.2, 0.25) is 0 Å². The number of aliphatic hydroxyl groups excluding tert-OH is 2. The van der Waals surface area contributed by atoms with E-state index >= 15 is 0 Å². The Balaban J connectivity index is 0.000000500. The lowest BCUT2D eigenvalue weighted by atomic mass is 9.97. The molecular weight excluding hydrogens is 646 g/mol. The summed E-state index contributed by atoms with van der Waals surface area (Å²) in [5, 5.41) is 51.5. The molecule has 0 aliphatic carbocycles. The fourth-order valence-corrected chi connectivity index (χ4v) is 3.60. The molecule has 3 amide bonds. The minimum absolute atomic E-state index is 0.251. The van der Waals surface area contributed by atoms with Crippen molar-refractivity contribution in [2.24, 2.45) is 0 Å². The number of carbonyl (C=O) groups excluding carboxylic acids is 4. The normalized spacial score (nSPS) is 12.6. The molecular formula is C37H41N3O10. The van der Waals surface area contributed by atoms with Crippen molar-refractivity contribution in [1.29, 1.82) is 0 Å². The number of hydrogen-bond donors (Lipinski definition) is 8. The van der Waals surface area contributed by atoms with Gasteiger partial charge in [0.25, 0.3) is 17.7 Å². The number of amides is 3. The fourth-order valence-electron chi connectivity index (χ4n) is 3.60. The number of hydrogen-bond acceptors (Lipinski definition) is 10. The summed E-state index contributed by atoms with van der Waals surface area (Å²) >= 11 is 0. The zero-order chi connectivity index (χ0) is 38.1. The Bertz CT molecular complexity index is 1610. The molecule has 0 saturated heterocycles. The quantitative estimate of drug-likeness (QED) is 0.0820. The van der Waals surface area contributed by atoms with Crippen LogP contribution in [0.2, 0.25) is 0 Å². The lowest BCUT2D eigenvalue weighted by molar-refractivity contribution is -0.148. The zero-order valence-corrected chi connectivity index (χ0v) is 28.7. The van der Waals surface area contributed by atoms with Gasteiger partial charge in [0.1, 0.15) is 18.2 Å². The van der Waals surface area contributed by atoms with Crippen LogP contribution in [0.25, 0.3) is 0 Å². The minimum Gasteiger partial charge on any atom is -0.467 e. The van der Waals surface area contributed by atoms with Crippen molar-refractivity contribution in [3.63, 3.8) is 0 Å². The van der Waals surface area contributed by atoms with Gasteiger partial charge in [-0.25, -0.2) is 10.3 Å². The number of ether oxygens (including phenoxy) is 1. The predicted molar refractivity (Wildman–Crippen MR) is 183 cm³/mol. The number of rotatable bonds is 8. The number of aliphatic hydroxyl groups is 4. The van der Waals surface area contributed by atoms with Crippen LogP contribution in [0.5, 0.6) is 0 Å². The molecule has 2 rings (SSSR count). The van der Waals surface area contributed by atoms with Crippen molar-refractivity contribution in [3.8, 4) is 47.4 Å². The number of benzene rings is 2. The van der Waals surface area contributed by atoms with Crippen LogP contribution in [-0.4, -0.2) is 91.9 Å². The second kappa shape index (κ2) is 20.0. The van der Waals surface area contributed by atoms with E-state index in [4.69, 9.17) is 15.4 Å². The summed E-state index contributed by atoms with van der Waals surface area (Å²) in [6.45, 7) is 8.54. The molecule has 50 heavy (non-hydrogen) atoms. The second-order valence-corrected chi connectivity index (χ2v) is 11.7. The Kier molecular flexibility index (Phi) is 17.0. The molecule has 264 valence electrons. The maximum atomic E-state index is 12.3. The van der Waals surface area contributed by atoms with E-state index in [0.717, 1.165) is 0 Å². The molecule has 0 aromatic heterocycles. The third-order valence-electron chi connectivity index (χ3n) is 6.17. The van der Waals surface area contributed by atoms with Crippen molar-refractivity contribution in [1.82, 2.24) is 16.1 Å². The molecule has 0 spiro atoms. The van der Waals surface area contributed by atoms with E-state index in [1.54, 1.807) is 36.4 Å². The van der Waals surface area contributed by atoms with Crippen molar-refractivity contribution in [3.05, 3.63) is 70.8 Å². The van der Waals surface area contributed by atoms with E-state index < -0.39 is 59.2 Å². The van der Waals surface area contributed by atoms with E-state index in [0.29, 0.717) is 16.7 Å². The molecule has 13 nitrogen and oxygen atoms in total. The molecule has 8 N–H and O–H groups in total. The fraction of sp³-hybridized carbons (Fsp3) is 0.351. The third kappa shape index (κ3) is 15.5. The van der Waals surface area contributed by atoms with Gasteiger partial charge >= 0.3 is 5.97 Å². The molecule has 0 radical (unpaired) electrons. The Morgan fingerprint density at radius 1 is 0.660 bits per heavy atom. The molecule has 13 heteroatoms. The highest BCUT2D eigenvalue weighted by atomic mass is 16.5. The summed E-state index contributed by atoms with van der Waals surface area (Å²) in [5.74, 6) is 17.9. The van der Waals surface area contributed by atoms with E-state index in [-0.39, 0.29) is 5.56 Å². The Hall–Kier alpha value is -5.64. The Morgan fingerprint density at radius 3 is 1.32 bits per heavy atom. The summed E-state index contributed by atoms with van der Waals surface area (Å²) in [6, 6.07) is 10.0. The van der Waals surface area contributed by atoms with Crippen LogP contribution in [-0.2, 0) is 14.3 Å². The third-order valence-corrected chi connectivity index (χ3v) is 6.17. The van der Waals surface area contributed by atoms with Crippen LogP contribution in [0, 0.1) is 47.4 Å². The number of carbonyl (C=O) groups is 4. The molecule has 0 heterocycles. The van der Waals surface area contributed by atoms with E-state index in [2.05, 4.69) is 62.7 Å². The van der Waals surface area contributed by atoms with Crippen molar-refractivity contribution in [2.45, 2.75) is 77.0 Å².